The van der Waals surface area contributed by atoms with E-state index < -0.39 is 24.4 Å². The maximum atomic E-state index is 13.5. The van der Waals surface area contributed by atoms with Crippen LogP contribution in [0.3, 0.4) is 0 Å². The van der Waals surface area contributed by atoms with Gasteiger partial charge in [0.1, 0.15) is 0 Å². The Morgan fingerprint density at radius 2 is 2.00 bits per heavy atom. The van der Waals surface area contributed by atoms with Crippen molar-refractivity contribution in [3.05, 3.63) is 29.3 Å². The van der Waals surface area contributed by atoms with Crippen molar-refractivity contribution in [3.8, 4) is 6.07 Å². The van der Waals surface area contributed by atoms with E-state index >= 15 is 0 Å². The highest BCUT2D eigenvalue weighted by Gasteiger charge is 2.48. The highest BCUT2D eigenvalue weighted by Crippen LogP contribution is 2.33. The molecule has 1 aliphatic rings. The molecular formula is C15H18BF2NO2. The van der Waals surface area contributed by atoms with E-state index in [1.807, 2.05) is 19.9 Å². The molecule has 0 spiro atoms. The third kappa shape index (κ3) is 2.94. The first-order valence-electron chi connectivity index (χ1n) is 7.02. The fourth-order valence-corrected chi connectivity index (χ4v) is 2.69. The van der Waals surface area contributed by atoms with Crippen molar-refractivity contribution in [2.75, 3.05) is 0 Å². The lowest BCUT2D eigenvalue weighted by atomic mass is 9.76. The molecule has 0 amide bonds. The minimum Gasteiger partial charge on any atom is -0.401 e. The highest BCUT2D eigenvalue weighted by molar-refractivity contribution is 6.62. The number of benzene rings is 1. The molecule has 1 heterocycles. The Morgan fingerprint density at radius 3 is 2.57 bits per heavy atom. The number of nitriles is 1. The van der Waals surface area contributed by atoms with Gasteiger partial charge in [0, 0.05) is 5.46 Å². The van der Waals surface area contributed by atoms with E-state index in [0.29, 0.717) is 0 Å². The molecule has 0 aliphatic carbocycles. The maximum absolute atomic E-state index is 13.5. The Bertz CT molecular complexity index is 586. The van der Waals surface area contributed by atoms with E-state index in [4.69, 9.17) is 14.6 Å². The van der Waals surface area contributed by atoms with E-state index in [2.05, 4.69) is 13.8 Å². The minimum absolute atomic E-state index is 0.0273. The zero-order chi connectivity index (χ0) is 15.8. The normalized spacial score (nSPS) is 22.1. The molecule has 2 atom stereocenters. The molecular weight excluding hydrogens is 275 g/mol. The second-order valence-corrected chi connectivity index (χ2v) is 5.96. The van der Waals surface area contributed by atoms with Gasteiger partial charge >= 0.3 is 7.12 Å². The van der Waals surface area contributed by atoms with E-state index in [-0.39, 0.29) is 23.0 Å². The Hall–Kier alpha value is -1.45. The van der Waals surface area contributed by atoms with Gasteiger partial charge in [0.2, 0.25) is 0 Å². The van der Waals surface area contributed by atoms with Crippen LogP contribution in [0.4, 0.5) is 8.78 Å². The van der Waals surface area contributed by atoms with Crippen LogP contribution in [0.15, 0.2) is 12.1 Å². The predicted molar refractivity (Wildman–Crippen MR) is 76.0 cm³/mol. The summed E-state index contributed by atoms with van der Waals surface area (Å²) in [4.78, 5) is 0. The van der Waals surface area contributed by atoms with Crippen molar-refractivity contribution in [1.29, 1.82) is 5.26 Å². The molecule has 1 saturated heterocycles. The lowest BCUT2D eigenvalue weighted by Gasteiger charge is -2.29. The zero-order valence-electron chi connectivity index (χ0n) is 12.6. The average Bonchev–Trinajstić information content (AvgIpc) is 2.76. The van der Waals surface area contributed by atoms with Crippen LogP contribution in [0.5, 0.6) is 0 Å². The SMILES string of the molecule is CCC(C)C1OB(c2cc(F)c(F)cc2C#N)OC1(C)C. The summed E-state index contributed by atoms with van der Waals surface area (Å²) in [5.41, 5.74) is -0.299. The number of rotatable bonds is 3. The topological polar surface area (TPSA) is 42.2 Å². The third-order valence-corrected chi connectivity index (χ3v) is 3.99. The first kappa shape index (κ1) is 15.9. The summed E-state index contributed by atoms with van der Waals surface area (Å²) in [6, 6.07) is 3.71. The van der Waals surface area contributed by atoms with Gasteiger partial charge in [-0.1, -0.05) is 20.3 Å². The van der Waals surface area contributed by atoms with Crippen LogP contribution in [-0.4, -0.2) is 18.8 Å². The summed E-state index contributed by atoms with van der Waals surface area (Å²) in [6.07, 6.45) is 0.736. The number of nitrogens with zero attached hydrogens (tertiary/aromatic N) is 1. The first-order valence-corrected chi connectivity index (χ1v) is 7.02. The van der Waals surface area contributed by atoms with E-state index in [1.165, 1.54) is 0 Å². The van der Waals surface area contributed by atoms with Crippen molar-refractivity contribution in [1.82, 2.24) is 0 Å². The van der Waals surface area contributed by atoms with Crippen molar-refractivity contribution in [2.45, 2.75) is 45.8 Å². The second kappa shape index (κ2) is 5.74. The fourth-order valence-electron chi connectivity index (χ4n) is 2.69. The van der Waals surface area contributed by atoms with Gasteiger partial charge < -0.3 is 9.31 Å². The van der Waals surface area contributed by atoms with Gasteiger partial charge in [-0.3, -0.25) is 0 Å². The fraction of sp³-hybridized carbons (Fsp3) is 0.533. The van der Waals surface area contributed by atoms with Gasteiger partial charge in [0.25, 0.3) is 0 Å². The molecule has 112 valence electrons. The van der Waals surface area contributed by atoms with Crippen LogP contribution in [0.25, 0.3) is 0 Å². The second-order valence-electron chi connectivity index (χ2n) is 5.96. The van der Waals surface area contributed by atoms with Crippen LogP contribution in [-0.2, 0) is 9.31 Å². The van der Waals surface area contributed by atoms with Gasteiger partial charge in [-0.05, 0) is 31.9 Å². The minimum atomic E-state index is -1.05. The predicted octanol–water partition coefficient (Wildman–Crippen LogP) is 2.77. The monoisotopic (exact) mass is 293 g/mol. The van der Waals surface area contributed by atoms with Crippen LogP contribution >= 0.6 is 0 Å². The van der Waals surface area contributed by atoms with E-state index in [9.17, 15) is 8.78 Å². The van der Waals surface area contributed by atoms with Crippen molar-refractivity contribution in [2.24, 2.45) is 5.92 Å². The molecule has 1 aromatic rings. The van der Waals surface area contributed by atoms with E-state index in [1.54, 1.807) is 0 Å². The van der Waals surface area contributed by atoms with E-state index in [0.717, 1.165) is 18.6 Å². The van der Waals surface area contributed by atoms with Gasteiger partial charge in [0.15, 0.2) is 11.6 Å². The Balaban J connectivity index is 2.37. The zero-order valence-corrected chi connectivity index (χ0v) is 12.6. The summed E-state index contributed by atoms with van der Waals surface area (Å²) in [5, 5.41) is 9.10. The van der Waals surface area contributed by atoms with Crippen LogP contribution < -0.4 is 5.46 Å². The Labute approximate surface area is 124 Å². The molecule has 1 aliphatic heterocycles. The Morgan fingerprint density at radius 1 is 1.38 bits per heavy atom. The van der Waals surface area contributed by atoms with Crippen molar-refractivity contribution in [3.63, 3.8) is 0 Å². The number of hydrogen-bond acceptors (Lipinski definition) is 3. The Kier molecular flexibility index (Phi) is 4.36. The smallest absolute Gasteiger partial charge is 0.401 e. The van der Waals surface area contributed by atoms with Crippen molar-refractivity contribution < 1.29 is 18.1 Å². The molecule has 0 bridgehead atoms. The molecule has 0 radical (unpaired) electrons. The number of hydrogen-bond donors (Lipinski definition) is 0. The highest BCUT2D eigenvalue weighted by atomic mass is 19.2. The molecule has 6 heteroatoms. The molecule has 2 rings (SSSR count). The van der Waals surface area contributed by atoms with Gasteiger partial charge in [-0.25, -0.2) is 8.78 Å². The van der Waals surface area contributed by atoms with Crippen molar-refractivity contribution >= 4 is 12.6 Å². The van der Waals surface area contributed by atoms with Gasteiger partial charge in [-0.15, -0.1) is 0 Å². The molecule has 0 aromatic heterocycles. The summed E-state index contributed by atoms with van der Waals surface area (Å²) < 4.78 is 38.4. The molecule has 2 unspecified atom stereocenters. The van der Waals surface area contributed by atoms with Crippen LogP contribution in [0.1, 0.15) is 39.7 Å². The van der Waals surface area contributed by atoms with Crippen LogP contribution in [0.2, 0.25) is 0 Å². The maximum Gasteiger partial charge on any atom is 0.496 e. The van der Waals surface area contributed by atoms with Gasteiger partial charge in [0.05, 0.1) is 23.3 Å². The lowest BCUT2D eigenvalue weighted by molar-refractivity contribution is 0.0375. The summed E-state index contributed by atoms with van der Waals surface area (Å²) in [5.74, 6) is -1.81. The van der Waals surface area contributed by atoms with Crippen LogP contribution in [0, 0.1) is 28.9 Å². The molecule has 0 saturated carbocycles. The van der Waals surface area contributed by atoms with Gasteiger partial charge in [-0.2, -0.15) is 5.26 Å². The third-order valence-electron chi connectivity index (χ3n) is 3.99. The first-order chi connectivity index (χ1) is 9.80. The lowest BCUT2D eigenvalue weighted by Crippen LogP contribution is -2.38. The molecule has 1 aromatic carbocycles. The quantitative estimate of drug-likeness (QED) is 0.805. The standard InChI is InChI=1S/C15H18BF2NO2/c1-5-9(2)14-15(3,4)21-16(20-14)11-7-13(18)12(17)6-10(11)8-19/h6-7,9,14H,5H2,1-4H3. The average molecular weight is 293 g/mol. The summed E-state index contributed by atoms with van der Waals surface area (Å²) >= 11 is 0. The molecule has 21 heavy (non-hydrogen) atoms. The number of halogens is 2. The molecule has 3 nitrogen and oxygen atoms in total. The summed E-state index contributed by atoms with van der Waals surface area (Å²) in [7, 11) is -0.858. The largest absolute Gasteiger partial charge is 0.496 e. The summed E-state index contributed by atoms with van der Waals surface area (Å²) in [6.45, 7) is 7.90. The molecule has 0 N–H and O–H groups in total. The molecule has 1 fully saturated rings.